The van der Waals surface area contributed by atoms with E-state index in [2.05, 4.69) is 44.0 Å². The Kier molecular flexibility index (Phi) is 5.68. The van der Waals surface area contributed by atoms with Crippen LogP contribution in [0.3, 0.4) is 0 Å². The van der Waals surface area contributed by atoms with Gasteiger partial charge in [-0.05, 0) is 62.6 Å². The highest BCUT2D eigenvalue weighted by atomic mass is 15.1. The number of nitrogens with one attached hydrogen (secondary N) is 1. The first-order chi connectivity index (χ1) is 9.47. The summed E-state index contributed by atoms with van der Waals surface area (Å²) in [6, 6.07) is 0. The Morgan fingerprint density at radius 2 is 2.20 bits per heavy atom. The van der Waals surface area contributed by atoms with Crippen molar-refractivity contribution in [1.82, 2.24) is 10.2 Å². The maximum absolute atomic E-state index is 3.55. The molecule has 0 aromatic heterocycles. The standard InChI is InChI=1S/C18H34N2/c1-15(16-6-5-10-19-14-16)7-11-20-12-8-17(9-13-20)18(2,3)4/h8,15-16,19H,5-7,9-14H2,1-4H3. The van der Waals surface area contributed by atoms with Gasteiger partial charge in [0.2, 0.25) is 0 Å². The summed E-state index contributed by atoms with van der Waals surface area (Å²) in [6.45, 7) is 15.7. The van der Waals surface area contributed by atoms with Gasteiger partial charge < -0.3 is 5.32 Å². The second-order valence-corrected chi connectivity index (χ2v) is 7.90. The van der Waals surface area contributed by atoms with E-state index in [0.29, 0.717) is 5.41 Å². The highest BCUT2D eigenvalue weighted by molar-refractivity contribution is 5.14. The molecule has 1 fully saturated rings. The van der Waals surface area contributed by atoms with E-state index in [1.807, 2.05) is 0 Å². The zero-order valence-electron chi connectivity index (χ0n) is 14.0. The van der Waals surface area contributed by atoms with Gasteiger partial charge in [-0.15, -0.1) is 0 Å². The fourth-order valence-corrected chi connectivity index (χ4v) is 3.58. The predicted molar refractivity (Wildman–Crippen MR) is 88.0 cm³/mol. The van der Waals surface area contributed by atoms with Crippen molar-refractivity contribution in [3.05, 3.63) is 11.6 Å². The minimum absolute atomic E-state index is 0.368. The summed E-state index contributed by atoms with van der Waals surface area (Å²) in [5.74, 6) is 1.78. The number of hydrogen-bond donors (Lipinski definition) is 1. The molecule has 1 saturated heterocycles. The maximum atomic E-state index is 3.55. The second kappa shape index (κ2) is 7.09. The van der Waals surface area contributed by atoms with Crippen LogP contribution in [0.4, 0.5) is 0 Å². The van der Waals surface area contributed by atoms with Crippen LogP contribution in [0, 0.1) is 17.3 Å². The van der Waals surface area contributed by atoms with Gasteiger partial charge in [-0.2, -0.15) is 0 Å². The Morgan fingerprint density at radius 3 is 2.75 bits per heavy atom. The molecule has 0 bridgehead atoms. The fraction of sp³-hybridized carbons (Fsp3) is 0.889. The fourth-order valence-electron chi connectivity index (χ4n) is 3.58. The first-order valence-corrected chi connectivity index (χ1v) is 8.59. The lowest BCUT2D eigenvalue weighted by Crippen LogP contribution is -2.36. The molecule has 0 aliphatic carbocycles. The van der Waals surface area contributed by atoms with Gasteiger partial charge in [-0.3, -0.25) is 4.90 Å². The largest absolute Gasteiger partial charge is 0.316 e. The van der Waals surface area contributed by atoms with Crippen molar-refractivity contribution < 1.29 is 0 Å². The molecule has 20 heavy (non-hydrogen) atoms. The normalized spacial score (nSPS) is 27.2. The molecular weight excluding hydrogens is 244 g/mol. The van der Waals surface area contributed by atoms with E-state index in [9.17, 15) is 0 Å². The van der Waals surface area contributed by atoms with Crippen molar-refractivity contribution in [2.45, 2.75) is 53.4 Å². The van der Waals surface area contributed by atoms with Crippen LogP contribution in [0.5, 0.6) is 0 Å². The number of piperidine rings is 1. The molecule has 2 unspecified atom stereocenters. The van der Waals surface area contributed by atoms with Gasteiger partial charge in [0.15, 0.2) is 0 Å². The molecule has 0 aromatic carbocycles. The molecule has 0 amide bonds. The van der Waals surface area contributed by atoms with Gasteiger partial charge in [0.05, 0.1) is 0 Å². The zero-order chi connectivity index (χ0) is 14.6. The van der Waals surface area contributed by atoms with Crippen molar-refractivity contribution in [3.63, 3.8) is 0 Å². The number of rotatable bonds is 4. The molecule has 0 spiro atoms. The molecule has 2 aliphatic rings. The molecule has 0 saturated carbocycles. The highest BCUT2D eigenvalue weighted by Crippen LogP contribution is 2.30. The Morgan fingerprint density at radius 1 is 1.40 bits per heavy atom. The van der Waals surface area contributed by atoms with Crippen LogP contribution in [-0.2, 0) is 0 Å². The minimum atomic E-state index is 0.368. The summed E-state index contributed by atoms with van der Waals surface area (Å²) in [4.78, 5) is 2.64. The average Bonchev–Trinajstić information content (AvgIpc) is 2.45. The highest BCUT2D eigenvalue weighted by Gasteiger charge is 2.23. The molecule has 1 N–H and O–H groups in total. The van der Waals surface area contributed by atoms with E-state index >= 15 is 0 Å². The molecule has 2 nitrogen and oxygen atoms in total. The Balaban J connectivity index is 1.71. The Hall–Kier alpha value is -0.340. The summed E-state index contributed by atoms with van der Waals surface area (Å²) in [7, 11) is 0. The van der Waals surface area contributed by atoms with Crippen molar-refractivity contribution >= 4 is 0 Å². The van der Waals surface area contributed by atoms with Gasteiger partial charge in [0, 0.05) is 13.1 Å². The van der Waals surface area contributed by atoms with Gasteiger partial charge in [0.1, 0.15) is 0 Å². The number of hydrogen-bond acceptors (Lipinski definition) is 2. The summed E-state index contributed by atoms with van der Waals surface area (Å²) >= 11 is 0. The van der Waals surface area contributed by atoms with Gasteiger partial charge in [0.25, 0.3) is 0 Å². The van der Waals surface area contributed by atoms with Crippen molar-refractivity contribution in [2.24, 2.45) is 17.3 Å². The van der Waals surface area contributed by atoms with E-state index in [4.69, 9.17) is 0 Å². The van der Waals surface area contributed by atoms with E-state index < -0.39 is 0 Å². The van der Waals surface area contributed by atoms with Crippen molar-refractivity contribution in [2.75, 3.05) is 32.7 Å². The first kappa shape index (κ1) is 16.0. The van der Waals surface area contributed by atoms with Crippen LogP contribution in [-0.4, -0.2) is 37.6 Å². The Bertz CT molecular complexity index is 321. The molecule has 116 valence electrons. The van der Waals surface area contributed by atoms with Gasteiger partial charge >= 0.3 is 0 Å². The molecule has 2 aliphatic heterocycles. The maximum Gasteiger partial charge on any atom is 0.0166 e. The van der Waals surface area contributed by atoms with Crippen LogP contribution in [0.15, 0.2) is 11.6 Å². The van der Waals surface area contributed by atoms with Gasteiger partial charge in [-0.1, -0.05) is 39.3 Å². The summed E-state index contributed by atoms with van der Waals surface area (Å²) in [5, 5.41) is 3.55. The molecule has 2 heterocycles. The van der Waals surface area contributed by atoms with Crippen LogP contribution in [0.2, 0.25) is 0 Å². The third kappa shape index (κ3) is 4.60. The van der Waals surface area contributed by atoms with Crippen LogP contribution in [0.25, 0.3) is 0 Å². The summed E-state index contributed by atoms with van der Waals surface area (Å²) in [6.07, 6.45) is 7.92. The van der Waals surface area contributed by atoms with Gasteiger partial charge in [-0.25, -0.2) is 0 Å². The second-order valence-electron chi connectivity index (χ2n) is 7.90. The molecule has 2 heteroatoms. The Labute approximate surface area is 126 Å². The van der Waals surface area contributed by atoms with Crippen molar-refractivity contribution in [1.29, 1.82) is 0 Å². The van der Waals surface area contributed by atoms with Crippen molar-refractivity contribution in [3.8, 4) is 0 Å². The van der Waals surface area contributed by atoms with E-state index in [1.165, 1.54) is 58.4 Å². The first-order valence-electron chi connectivity index (χ1n) is 8.59. The third-order valence-corrected chi connectivity index (χ3v) is 5.30. The average molecular weight is 278 g/mol. The quantitative estimate of drug-likeness (QED) is 0.789. The third-order valence-electron chi connectivity index (χ3n) is 5.30. The molecule has 2 rings (SSSR count). The number of nitrogens with zero attached hydrogens (tertiary/aromatic N) is 1. The van der Waals surface area contributed by atoms with E-state index in [1.54, 1.807) is 5.57 Å². The lowest BCUT2D eigenvalue weighted by Gasteiger charge is -2.34. The summed E-state index contributed by atoms with van der Waals surface area (Å²) < 4.78 is 0. The van der Waals surface area contributed by atoms with Crippen LogP contribution in [0.1, 0.15) is 53.4 Å². The monoisotopic (exact) mass is 278 g/mol. The zero-order valence-corrected chi connectivity index (χ0v) is 14.0. The minimum Gasteiger partial charge on any atom is -0.316 e. The van der Waals surface area contributed by atoms with E-state index in [-0.39, 0.29) is 0 Å². The SMILES string of the molecule is CC(CCN1CC=C(C(C)(C)C)CC1)C1CCCNC1. The molecule has 0 aromatic rings. The molecule has 0 radical (unpaired) electrons. The summed E-state index contributed by atoms with van der Waals surface area (Å²) in [5.41, 5.74) is 2.02. The van der Waals surface area contributed by atoms with Crippen LogP contribution >= 0.6 is 0 Å². The smallest absolute Gasteiger partial charge is 0.0166 e. The molecule has 2 atom stereocenters. The lowest BCUT2D eigenvalue weighted by atomic mass is 9.82. The molecular formula is C18H34N2. The lowest BCUT2D eigenvalue weighted by molar-refractivity contribution is 0.216. The predicted octanol–water partition coefficient (Wildman–Crippen LogP) is 3.69. The van der Waals surface area contributed by atoms with Crippen LogP contribution < -0.4 is 5.32 Å². The topological polar surface area (TPSA) is 15.3 Å². The van der Waals surface area contributed by atoms with E-state index in [0.717, 1.165) is 11.8 Å².